The molecule has 4 aliphatic carbocycles. The lowest BCUT2D eigenvalue weighted by Gasteiger charge is -2.61. The van der Waals surface area contributed by atoms with E-state index in [1.807, 2.05) is 0 Å². The van der Waals surface area contributed by atoms with E-state index in [1.54, 1.807) is 0 Å². The summed E-state index contributed by atoms with van der Waals surface area (Å²) in [5.74, 6) is 4.18. The number of nitrogens with two attached hydrogens (primary N) is 1. The van der Waals surface area contributed by atoms with Gasteiger partial charge in [0.05, 0.1) is 6.10 Å². The molecule has 4 heteroatoms. The molecule has 4 rings (SSSR count). The average molecular weight is 448 g/mol. The second-order valence-corrected chi connectivity index (χ2v) is 12.7. The van der Waals surface area contributed by atoms with E-state index in [9.17, 15) is 5.11 Å². The first-order valence-corrected chi connectivity index (χ1v) is 14.2. The first-order chi connectivity index (χ1) is 15.4. The van der Waals surface area contributed by atoms with Crippen LogP contribution >= 0.6 is 0 Å². The Kier molecular flexibility index (Phi) is 8.28. The smallest absolute Gasteiger partial charge is 0.0545 e. The van der Waals surface area contributed by atoms with Crippen molar-refractivity contribution in [2.75, 3.05) is 26.2 Å². The second kappa shape index (κ2) is 10.6. The van der Waals surface area contributed by atoms with Gasteiger partial charge in [0.2, 0.25) is 0 Å². The van der Waals surface area contributed by atoms with E-state index in [0.717, 1.165) is 62.3 Å². The van der Waals surface area contributed by atoms with Gasteiger partial charge in [0.1, 0.15) is 0 Å². The summed E-state index contributed by atoms with van der Waals surface area (Å²) in [6.45, 7) is 11.5. The molecule has 0 bridgehead atoms. The van der Waals surface area contributed by atoms with Crippen LogP contribution in [-0.2, 0) is 0 Å². The molecule has 5 N–H and O–H groups in total. The van der Waals surface area contributed by atoms with E-state index < -0.39 is 0 Å². The van der Waals surface area contributed by atoms with E-state index in [0.29, 0.717) is 16.7 Å². The van der Waals surface area contributed by atoms with Crippen molar-refractivity contribution in [1.29, 1.82) is 0 Å². The van der Waals surface area contributed by atoms with Crippen molar-refractivity contribution in [2.24, 2.45) is 46.2 Å². The predicted molar refractivity (Wildman–Crippen MR) is 134 cm³/mol. The van der Waals surface area contributed by atoms with Crippen LogP contribution in [0.1, 0.15) is 97.8 Å². The minimum atomic E-state index is -0.129. The van der Waals surface area contributed by atoms with Gasteiger partial charge in [-0.05, 0) is 151 Å². The summed E-state index contributed by atoms with van der Waals surface area (Å²) in [5.41, 5.74) is 6.53. The lowest BCUT2D eigenvalue weighted by Crippen LogP contribution is -2.55. The highest BCUT2D eigenvalue weighted by molar-refractivity contribution is 5.10. The van der Waals surface area contributed by atoms with Crippen molar-refractivity contribution >= 4 is 0 Å². The summed E-state index contributed by atoms with van der Waals surface area (Å²) in [6, 6.07) is 0.738. The molecule has 0 spiro atoms. The number of rotatable bonds is 10. The van der Waals surface area contributed by atoms with E-state index >= 15 is 0 Å². The fraction of sp³-hybridized carbons (Fsp3) is 1.00. The minimum Gasteiger partial charge on any atom is -0.393 e. The maximum atomic E-state index is 10.5. The molecule has 186 valence electrons. The lowest BCUT2D eigenvalue weighted by molar-refractivity contribution is -0.121. The van der Waals surface area contributed by atoms with Crippen LogP contribution in [0.3, 0.4) is 0 Å². The van der Waals surface area contributed by atoms with Crippen LogP contribution in [-0.4, -0.2) is 43.4 Å². The van der Waals surface area contributed by atoms with Gasteiger partial charge < -0.3 is 21.5 Å². The minimum absolute atomic E-state index is 0.129. The number of hydrogen-bond acceptors (Lipinski definition) is 4. The zero-order valence-electron chi connectivity index (χ0n) is 21.4. The number of aliphatic hydroxyl groups excluding tert-OH is 1. The van der Waals surface area contributed by atoms with Gasteiger partial charge in [-0.3, -0.25) is 0 Å². The first kappa shape index (κ1) is 24.9. The Hall–Kier alpha value is -0.160. The maximum absolute atomic E-state index is 10.5. The fourth-order valence-electron chi connectivity index (χ4n) is 9.32. The summed E-state index contributed by atoms with van der Waals surface area (Å²) in [7, 11) is 0. The first-order valence-electron chi connectivity index (χ1n) is 14.2. The number of hydrogen-bond donors (Lipinski definition) is 4. The predicted octanol–water partition coefficient (Wildman–Crippen LogP) is 4.70. The van der Waals surface area contributed by atoms with Crippen molar-refractivity contribution in [3.63, 3.8) is 0 Å². The van der Waals surface area contributed by atoms with Crippen molar-refractivity contribution in [2.45, 2.75) is 110 Å². The highest BCUT2D eigenvalue weighted by atomic mass is 16.3. The quantitative estimate of drug-likeness (QED) is 0.366. The molecule has 0 aliphatic heterocycles. The molecule has 0 amide bonds. The third-order valence-electron chi connectivity index (χ3n) is 11.1. The maximum Gasteiger partial charge on any atom is 0.0545 e. The second-order valence-electron chi connectivity index (χ2n) is 12.7. The Balaban J connectivity index is 1.26. The molecule has 5 unspecified atom stereocenters. The van der Waals surface area contributed by atoms with Crippen LogP contribution in [0.5, 0.6) is 0 Å². The number of fused-ring (bicyclic) bond motifs is 5. The van der Waals surface area contributed by atoms with Gasteiger partial charge >= 0.3 is 0 Å². The molecule has 0 aromatic heterocycles. The molecule has 0 saturated heterocycles. The van der Waals surface area contributed by atoms with Crippen molar-refractivity contribution < 1.29 is 5.11 Å². The molecule has 4 saturated carbocycles. The fourth-order valence-corrected chi connectivity index (χ4v) is 9.32. The highest BCUT2D eigenvalue weighted by Gasteiger charge is 2.60. The van der Waals surface area contributed by atoms with Crippen LogP contribution in [0.15, 0.2) is 0 Å². The van der Waals surface area contributed by atoms with Gasteiger partial charge in [-0.1, -0.05) is 13.8 Å². The zero-order valence-corrected chi connectivity index (χ0v) is 21.4. The van der Waals surface area contributed by atoms with Crippen molar-refractivity contribution in [3.05, 3.63) is 0 Å². The monoisotopic (exact) mass is 447 g/mol. The molecule has 9 atom stereocenters. The standard InChI is InChI=1S/C28H53N3O/c1-20(32)24-9-10-25-23-8-7-21-19-22(31-18-6-17-30-16-5-4-15-29)11-13-27(21,2)26(23)12-14-28(24,25)3/h20-26,30-32H,4-19,29H2,1-3H3/t20?,21-,22+,23?,24?,25?,26?,27-,28+/m0/s1. The summed E-state index contributed by atoms with van der Waals surface area (Å²) >= 11 is 0. The summed E-state index contributed by atoms with van der Waals surface area (Å²) in [4.78, 5) is 0. The number of aliphatic hydroxyl groups is 1. The molecular weight excluding hydrogens is 394 g/mol. The van der Waals surface area contributed by atoms with E-state index in [-0.39, 0.29) is 6.10 Å². The summed E-state index contributed by atoms with van der Waals surface area (Å²) < 4.78 is 0. The van der Waals surface area contributed by atoms with Gasteiger partial charge in [-0.2, -0.15) is 0 Å². The Morgan fingerprint density at radius 3 is 2.41 bits per heavy atom. The third-order valence-corrected chi connectivity index (χ3v) is 11.1. The van der Waals surface area contributed by atoms with E-state index in [1.165, 1.54) is 70.6 Å². The Bertz CT molecular complexity index is 597. The van der Waals surface area contributed by atoms with Gasteiger partial charge in [-0.25, -0.2) is 0 Å². The Morgan fingerprint density at radius 2 is 1.62 bits per heavy atom. The SMILES string of the molecule is CC(O)C1CCC2C3CC[C@H]4C[C@H](NCCCNCCCCN)CC[C@]4(C)C3CC[C@]12C. The van der Waals surface area contributed by atoms with Gasteiger partial charge in [0, 0.05) is 6.04 Å². The molecular formula is C28H53N3O. The Labute approximate surface area is 198 Å². The Morgan fingerprint density at radius 1 is 0.875 bits per heavy atom. The molecule has 0 aromatic carbocycles. The van der Waals surface area contributed by atoms with Gasteiger partial charge in [0.25, 0.3) is 0 Å². The number of nitrogens with one attached hydrogen (secondary N) is 2. The molecule has 0 aromatic rings. The molecule has 0 heterocycles. The van der Waals surface area contributed by atoms with Crippen molar-refractivity contribution in [3.8, 4) is 0 Å². The van der Waals surface area contributed by atoms with Gasteiger partial charge in [0.15, 0.2) is 0 Å². The van der Waals surface area contributed by atoms with Crippen LogP contribution < -0.4 is 16.4 Å². The van der Waals surface area contributed by atoms with Crippen LogP contribution in [0.2, 0.25) is 0 Å². The van der Waals surface area contributed by atoms with Crippen LogP contribution in [0.4, 0.5) is 0 Å². The van der Waals surface area contributed by atoms with Crippen LogP contribution in [0.25, 0.3) is 0 Å². The highest BCUT2D eigenvalue weighted by Crippen LogP contribution is 2.67. The lowest BCUT2D eigenvalue weighted by atomic mass is 9.44. The van der Waals surface area contributed by atoms with Crippen molar-refractivity contribution in [1.82, 2.24) is 10.6 Å². The van der Waals surface area contributed by atoms with E-state index in [2.05, 4.69) is 31.4 Å². The normalized spacial score (nSPS) is 44.5. The third kappa shape index (κ3) is 4.81. The molecule has 0 radical (unpaired) electrons. The topological polar surface area (TPSA) is 70.3 Å². The number of unbranched alkanes of at least 4 members (excludes halogenated alkanes) is 1. The molecule has 4 nitrogen and oxygen atoms in total. The summed E-state index contributed by atoms with van der Waals surface area (Å²) in [5, 5.41) is 17.9. The zero-order chi connectivity index (χ0) is 22.8. The van der Waals surface area contributed by atoms with E-state index in [4.69, 9.17) is 5.73 Å². The average Bonchev–Trinajstić information content (AvgIpc) is 3.13. The molecule has 32 heavy (non-hydrogen) atoms. The largest absolute Gasteiger partial charge is 0.393 e. The summed E-state index contributed by atoms with van der Waals surface area (Å²) in [6.07, 6.45) is 16.0. The molecule has 4 aliphatic rings. The van der Waals surface area contributed by atoms with Gasteiger partial charge in [-0.15, -0.1) is 0 Å². The van der Waals surface area contributed by atoms with Crippen LogP contribution in [0, 0.1) is 40.4 Å². The molecule has 4 fully saturated rings.